The fourth-order valence-corrected chi connectivity index (χ4v) is 2.97. The Morgan fingerprint density at radius 1 is 1.00 bits per heavy atom. The highest BCUT2D eigenvalue weighted by molar-refractivity contribution is 6.01. The van der Waals surface area contributed by atoms with Gasteiger partial charge in [-0.05, 0) is 26.4 Å². The Morgan fingerprint density at radius 2 is 1.52 bits per heavy atom. The smallest absolute Gasteiger partial charge is 0.318 e. The number of carbonyl (C=O) groups is 5. The van der Waals surface area contributed by atoms with Crippen LogP contribution >= 0.6 is 0 Å². The van der Waals surface area contributed by atoms with Crippen LogP contribution in [0, 0.1) is 0 Å². The molecule has 0 aromatic carbocycles. The highest BCUT2D eigenvalue weighted by atomic mass is 16.7. The molecule has 0 aromatic heterocycles. The number of hydroxylamine groups is 4. The molecule has 150 valence electrons. The molecular weight excluding hydrogens is 360 g/mol. The molecule has 3 fully saturated rings. The van der Waals surface area contributed by atoms with Crippen LogP contribution < -0.4 is 5.32 Å². The maximum absolute atomic E-state index is 11.5. The van der Waals surface area contributed by atoms with Crippen LogP contribution in [0.2, 0.25) is 0 Å². The first kappa shape index (κ1) is 20.8. The summed E-state index contributed by atoms with van der Waals surface area (Å²) < 4.78 is 0. The molecule has 1 atom stereocenters. The van der Waals surface area contributed by atoms with Gasteiger partial charge in [-0.2, -0.15) is 5.06 Å². The molecule has 0 aromatic rings. The quantitative estimate of drug-likeness (QED) is 0.647. The molecule has 0 aliphatic carbocycles. The van der Waals surface area contributed by atoms with E-state index in [1.165, 1.54) is 7.11 Å². The van der Waals surface area contributed by atoms with Gasteiger partial charge >= 0.3 is 6.09 Å². The van der Waals surface area contributed by atoms with E-state index in [4.69, 9.17) is 4.84 Å². The summed E-state index contributed by atoms with van der Waals surface area (Å²) >= 11 is 0. The minimum atomic E-state index is -0.751. The minimum Gasteiger partial charge on any atom is -0.318 e. The Morgan fingerprint density at radius 3 is 1.93 bits per heavy atom. The van der Waals surface area contributed by atoms with Crippen LogP contribution in [0.25, 0.3) is 0 Å². The largest absolute Gasteiger partial charge is 0.432 e. The lowest BCUT2D eigenvalue weighted by Gasteiger charge is -2.20. The molecule has 0 spiro atoms. The number of hydrogen-bond donors (Lipinski definition) is 1. The number of imide groups is 2. The zero-order valence-electron chi connectivity index (χ0n) is 15.4. The van der Waals surface area contributed by atoms with Crippen molar-refractivity contribution in [2.45, 2.75) is 44.6 Å². The van der Waals surface area contributed by atoms with E-state index in [1.807, 2.05) is 7.05 Å². The number of carbonyl (C=O) groups excluding carboxylic acids is 5. The third kappa shape index (κ3) is 5.47. The van der Waals surface area contributed by atoms with Crippen molar-refractivity contribution in [1.29, 1.82) is 0 Å². The predicted octanol–water partition coefficient (Wildman–Crippen LogP) is -0.432. The van der Waals surface area contributed by atoms with Gasteiger partial charge in [0.2, 0.25) is 0 Å². The predicted molar refractivity (Wildman–Crippen MR) is 89.3 cm³/mol. The maximum atomic E-state index is 11.5. The first-order chi connectivity index (χ1) is 12.8. The second-order valence-electron chi connectivity index (χ2n) is 6.38. The average molecular weight is 384 g/mol. The lowest BCUT2D eigenvalue weighted by atomic mass is 10.2. The van der Waals surface area contributed by atoms with Gasteiger partial charge in [0, 0.05) is 38.3 Å². The summed E-state index contributed by atoms with van der Waals surface area (Å²) in [6.07, 6.45) is 2.17. The molecular formula is C16H24N4O7. The fraction of sp³-hybridized carbons (Fsp3) is 0.688. The van der Waals surface area contributed by atoms with Crippen LogP contribution in [0.5, 0.6) is 0 Å². The number of likely N-dealkylation sites (tertiary alicyclic amines) is 1. The van der Waals surface area contributed by atoms with Crippen LogP contribution in [0.15, 0.2) is 0 Å². The zero-order chi connectivity index (χ0) is 20.0. The number of amides is 5. The highest BCUT2D eigenvalue weighted by Gasteiger charge is 2.33. The van der Waals surface area contributed by atoms with Gasteiger partial charge in [-0.3, -0.25) is 24.0 Å². The first-order valence-electron chi connectivity index (χ1n) is 8.75. The van der Waals surface area contributed by atoms with Crippen molar-refractivity contribution in [3.8, 4) is 0 Å². The molecule has 0 radical (unpaired) electrons. The summed E-state index contributed by atoms with van der Waals surface area (Å²) in [6.45, 7) is 1.48. The Bertz CT molecular complexity index is 592. The topological polar surface area (TPSA) is 126 Å². The third-order valence-electron chi connectivity index (χ3n) is 4.52. The second-order valence-corrected chi connectivity index (χ2v) is 6.38. The zero-order valence-corrected chi connectivity index (χ0v) is 15.4. The Kier molecular flexibility index (Phi) is 7.25. The Balaban J connectivity index is 0.000000244. The maximum Gasteiger partial charge on any atom is 0.432 e. The standard InChI is InChI=1S/C11H17N3O4.C5H7NO3/c1-13-6-2-3-8(13)7-12-11(17)18-14-9(15)4-5-10(14)16;1-9-6-4(7)2-3-5(6)8/h8H,2-7H2,1H3,(H,12,17);2-3H2,1H3. The van der Waals surface area contributed by atoms with E-state index in [9.17, 15) is 24.0 Å². The molecule has 11 nitrogen and oxygen atoms in total. The van der Waals surface area contributed by atoms with E-state index < -0.39 is 17.9 Å². The van der Waals surface area contributed by atoms with E-state index in [2.05, 4.69) is 15.1 Å². The lowest BCUT2D eigenvalue weighted by Crippen LogP contribution is -2.42. The van der Waals surface area contributed by atoms with E-state index >= 15 is 0 Å². The number of rotatable bonds is 4. The van der Waals surface area contributed by atoms with Gasteiger partial charge in [-0.15, -0.1) is 5.06 Å². The summed E-state index contributed by atoms with van der Waals surface area (Å²) in [7, 11) is 3.30. The molecule has 0 saturated carbocycles. The number of nitrogens with one attached hydrogen (secondary N) is 1. The molecule has 3 aliphatic rings. The van der Waals surface area contributed by atoms with Gasteiger partial charge in [0.05, 0.1) is 7.11 Å². The summed E-state index contributed by atoms with van der Waals surface area (Å²) in [5, 5.41) is 3.92. The summed E-state index contributed by atoms with van der Waals surface area (Å²) in [5.41, 5.74) is 0. The molecule has 3 heterocycles. The molecule has 3 rings (SSSR count). The van der Waals surface area contributed by atoms with Crippen molar-refractivity contribution < 1.29 is 33.6 Å². The van der Waals surface area contributed by atoms with Crippen LogP contribution in [0.4, 0.5) is 4.79 Å². The van der Waals surface area contributed by atoms with Gasteiger partial charge in [0.1, 0.15) is 0 Å². The second kappa shape index (κ2) is 9.42. The summed E-state index contributed by atoms with van der Waals surface area (Å²) in [6, 6.07) is 0.294. The molecule has 1 N–H and O–H groups in total. The van der Waals surface area contributed by atoms with E-state index in [1.54, 1.807) is 0 Å². The van der Waals surface area contributed by atoms with Crippen molar-refractivity contribution in [2.24, 2.45) is 0 Å². The van der Waals surface area contributed by atoms with E-state index in [0.717, 1.165) is 24.4 Å². The fourth-order valence-electron chi connectivity index (χ4n) is 2.97. The van der Waals surface area contributed by atoms with Gasteiger partial charge in [-0.1, -0.05) is 0 Å². The van der Waals surface area contributed by atoms with Crippen molar-refractivity contribution in [3.05, 3.63) is 0 Å². The third-order valence-corrected chi connectivity index (χ3v) is 4.52. The van der Waals surface area contributed by atoms with Gasteiger partial charge < -0.3 is 15.1 Å². The molecule has 5 amide bonds. The van der Waals surface area contributed by atoms with Crippen LogP contribution in [0.3, 0.4) is 0 Å². The highest BCUT2D eigenvalue weighted by Crippen LogP contribution is 2.14. The first-order valence-corrected chi connectivity index (χ1v) is 8.75. The SMILES string of the molecule is CN1CCCC1CNC(=O)ON1C(=O)CCC1=O.CON1C(=O)CCC1=O. The Hall–Kier alpha value is -2.53. The molecule has 3 aliphatic heterocycles. The molecule has 11 heteroatoms. The van der Waals surface area contributed by atoms with Crippen LogP contribution in [0.1, 0.15) is 38.5 Å². The lowest BCUT2D eigenvalue weighted by molar-refractivity contribution is -0.179. The molecule has 3 saturated heterocycles. The number of hydrogen-bond acceptors (Lipinski definition) is 8. The molecule has 27 heavy (non-hydrogen) atoms. The normalized spacial score (nSPS) is 23.0. The Labute approximate surface area is 156 Å². The average Bonchev–Trinajstić information content (AvgIpc) is 3.29. The minimum absolute atomic E-state index is 0.109. The van der Waals surface area contributed by atoms with Crippen molar-refractivity contribution in [3.63, 3.8) is 0 Å². The van der Waals surface area contributed by atoms with Gasteiger partial charge in [-0.25, -0.2) is 4.79 Å². The summed E-state index contributed by atoms with van der Waals surface area (Å²) in [4.78, 5) is 66.4. The van der Waals surface area contributed by atoms with E-state index in [-0.39, 0.29) is 37.5 Å². The molecule has 1 unspecified atom stereocenters. The van der Waals surface area contributed by atoms with Gasteiger partial charge in [0.25, 0.3) is 23.6 Å². The van der Waals surface area contributed by atoms with E-state index in [0.29, 0.717) is 17.6 Å². The van der Waals surface area contributed by atoms with Crippen molar-refractivity contribution in [1.82, 2.24) is 20.3 Å². The molecule has 0 bridgehead atoms. The number of likely N-dealkylation sites (N-methyl/N-ethyl adjacent to an activating group) is 1. The van der Waals surface area contributed by atoms with Gasteiger partial charge in [0.15, 0.2) is 0 Å². The number of nitrogens with zero attached hydrogens (tertiary/aromatic N) is 3. The van der Waals surface area contributed by atoms with Crippen LogP contribution in [-0.4, -0.2) is 78.0 Å². The summed E-state index contributed by atoms with van der Waals surface area (Å²) in [5.74, 6) is -1.42. The monoisotopic (exact) mass is 384 g/mol. The van der Waals surface area contributed by atoms with Crippen molar-refractivity contribution in [2.75, 3.05) is 27.2 Å². The van der Waals surface area contributed by atoms with Crippen LogP contribution in [-0.2, 0) is 28.9 Å². The van der Waals surface area contributed by atoms with Crippen molar-refractivity contribution >= 4 is 29.7 Å².